The number of hydrogen-bond donors (Lipinski definition) is 2. The molecule has 1 heterocycles. The number of aromatic nitrogens is 1. The molecule has 0 saturated heterocycles. The minimum atomic E-state index is -0.456. The second-order valence-corrected chi connectivity index (χ2v) is 5.12. The van der Waals surface area contributed by atoms with E-state index in [1.54, 1.807) is 42.1 Å². The van der Waals surface area contributed by atoms with Gasteiger partial charge in [-0.2, -0.15) is 11.8 Å². The lowest BCUT2D eigenvalue weighted by Crippen LogP contribution is -2.41. The Balaban J connectivity index is 1.91. The summed E-state index contributed by atoms with van der Waals surface area (Å²) >= 11 is 1.72. The fourth-order valence-corrected chi connectivity index (χ4v) is 2.19. The van der Waals surface area contributed by atoms with Gasteiger partial charge in [0.2, 0.25) is 0 Å². The maximum Gasteiger partial charge on any atom is 0.288 e. The lowest BCUT2D eigenvalue weighted by atomic mass is 10.1. The minimum absolute atomic E-state index is 0.244. The Morgan fingerprint density at radius 3 is 2.38 bits per heavy atom. The molecule has 1 aromatic carbocycles. The van der Waals surface area contributed by atoms with E-state index in [4.69, 9.17) is 0 Å². The summed E-state index contributed by atoms with van der Waals surface area (Å²) in [5, 5.41) is 0. The van der Waals surface area contributed by atoms with E-state index in [0.29, 0.717) is 5.56 Å². The largest absolute Gasteiger partial charge is 0.288 e. The van der Waals surface area contributed by atoms with Gasteiger partial charge in [-0.15, -0.1) is 0 Å². The molecule has 21 heavy (non-hydrogen) atoms. The Morgan fingerprint density at radius 2 is 1.76 bits per heavy atom. The van der Waals surface area contributed by atoms with Gasteiger partial charge < -0.3 is 0 Å². The molecule has 2 aromatic rings. The smallest absolute Gasteiger partial charge is 0.267 e. The molecule has 0 bridgehead atoms. The number of benzene rings is 1. The van der Waals surface area contributed by atoms with Crippen molar-refractivity contribution in [3.8, 4) is 0 Å². The Kier molecular flexibility index (Phi) is 5.34. The van der Waals surface area contributed by atoms with Crippen LogP contribution in [0.25, 0.3) is 0 Å². The maximum absolute atomic E-state index is 11.9. The van der Waals surface area contributed by atoms with Gasteiger partial charge in [0.25, 0.3) is 11.8 Å². The number of pyridine rings is 1. The predicted molar refractivity (Wildman–Crippen MR) is 82.8 cm³/mol. The van der Waals surface area contributed by atoms with Crippen molar-refractivity contribution < 1.29 is 9.59 Å². The summed E-state index contributed by atoms with van der Waals surface area (Å²) in [5.74, 6) is 0.0797. The molecule has 2 N–H and O–H groups in total. The zero-order chi connectivity index (χ0) is 15.1. The number of nitrogens with one attached hydrogen (secondary N) is 2. The number of thioether (sulfide) groups is 1. The predicted octanol–water partition coefficient (Wildman–Crippen LogP) is 2.02. The third-order valence-corrected chi connectivity index (χ3v) is 3.34. The molecule has 0 aliphatic heterocycles. The normalized spacial score (nSPS) is 9.95. The first kappa shape index (κ1) is 15.1. The van der Waals surface area contributed by atoms with Crippen molar-refractivity contribution in [2.75, 3.05) is 6.26 Å². The number of carbonyl (C=O) groups is 2. The number of rotatable bonds is 4. The molecule has 0 unspecified atom stereocenters. The molecule has 108 valence electrons. The van der Waals surface area contributed by atoms with Crippen LogP contribution in [0.1, 0.15) is 26.4 Å². The lowest BCUT2D eigenvalue weighted by molar-refractivity contribution is 0.0844. The summed E-state index contributed by atoms with van der Waals surface area (Å²) in [6.07, 6.45) is 3.54. The molecule has 5 nitrogen and oxygen atoms in total. The van der Waals surface area contributed by atoms with Crippen LogP contribution in [0.3, 0.4) is 0 Å². The Bertz CT molecular complexity index is 615. The van der Waals surface area contributed by atoms with Crippen molar-refractivity contribution in [3.05, 3.63) is 65.5 Å². The van der Waals surface area contributed by atoms with Crippen LogP contribution in [0.5, 0.6) is 0 Å². The summed E-state index contributed by atoms with van der Waals surface area (Å²) in [7, 11) is 0. The molecule has 0 radical (unpaired) electrons. The van der Waals surface area contributed by atoms with E-state index in [1.807, 2.05) is 18.4 Å². The number of hydrogen-bond acceptors (Lipinski definition) is 4. The van der Waals surface area contributed by atoms with Gasteiger partial charge in [-0.3, -0.25) is 25.4 Å². The first-order valence-electron chi connectivity index (χ1n) is 6.30. The zero-order valence-corrected chi connectivity index (χ0v) is 12.3. The summed E-state index contributed by atoms with van der Waals surface area (Å²) in [6.45, 7) is 0. The Labute approximate surface area is 127 Å². The van der Waals surface area contributed by atoms with Gasteiger partial charge in [0.1, 0.15) is 5.69 Å². The molecular weight excluding hydrogens is 286 g/mol. The lowest BCUT2D eigenvalue weighted by Gasteiger charge is -2.07. The highest BCUT2D eigenvalue weighted by atomic mass is 32.2. The van der Waals surface area contributed by atoms with Crippen molar-refractivity contribution in [1.82, 2.24) is 15.8 Å². The van der Waals surface area contributed by atoms with Crippen LogP contribution in [0, 0.1) is 0 Å². The van der Waals surface area contributed by atoms with Gasteiger partial charge in [-0.25, -0.2) is 0 Å². The second kappa shape index (κ2) is 7.44. The van der Waals surface area contributed by atoms with E-state index in [2.05, 4.69) is 15.8 Å². The first-order chi connectivity index (χ1) is 10.2. The molecule has 1 aromatic heterocycles. The number of carbonyl (C=O) groups excluding carboxylic acids is 2. The fourth-order valence-electron chi connectivity index (χ4n) is 1.67. The monoisotopic (exact) mass is 301 g/mol. The fraction of sp³-hybridized carbons (Fsp3) is 0.133. The van der Waals surface area contributed by atoms with E-state index in [9.17, 15) is 9.59 Å². The van der Waals surface area contributed by atoms with Crippen LogP contribution in [-0.4, -0.2) is 23.1 Å². The zero-order valence-electron chi connectivity index (χ0n) is 11.5. The second-order valence-electron chi connectivity index (χ2n) is 4.25. The third kappa shape index (κ3) is 4.32. The quantitative estimate of drug-likeness (QED) is 0.848. The highest BCUT2D eigenvalue weighted by molar-refractivity contribution is 7.97. The molecule has 0 saturated carbocycles. The van der Waals surface area contributed by atoms with Crippen LogP contribution < -0.4 is 10.9 Å². The Hall–Kier alpha value is -2.34. The summed E-state index contributed by atoms with van der Waals surface area (Å²) in [5.41, 5.74) is 6.58. The van der Waals surface area contributed by atoms with E-state index in [0.717, 1.165) is 11.3 Å². The van der Waals surface area contributed by atoms with Crippen molar-refractivity contribution in [2.45, 2.75) is 5.75 Å². The highest BCUT2D eigenvalue weighted by Crippen LogP contribution is 2.10. The van der Waals surface area contributed by atoms with Gasteiger partial charge in [0.05, 0.1) is 0 Å². The van der Waals surface area contributed by atoms with Crippen LogP contribution in [0.2, 0.25) is 0 Å². The summed E-state index contributed by atoms with van der Waals surface area (Å²) < 4.78 is 0. The molecule has 0 aliphatic carbocycles. The van der Waals surface area contributed by atoms with E-state index in [1.165, 1.54) is 6.20 Å². The number of hydrazine groups is 1. The van der Waals surface area contributed by atoms with Gasteiger partial charge in [-0.05, 0) is 36.1 Å². The highest BCUT2D eigenvalue weighted by Gasteiger charge is 2.09. The van der Waals surface area contributed by atoms with Crippen LogP contribution >= 0.6 is 11.8 Å². The third-order valence-electron chi connectivity index (χ3n) is 2.71. The average Bonchev–Trinajstić information content (AvgIpc) is 2.54. The van der Waals surface area contributed by atoms with Crippen LogP contribution in [0.15, 0.2) is 48.7 Å². The van der Waals surface area contributed by atoms with Crippen molar-refractivity contribution in [2.24, 2.45) is 0 Å². The molecule has 0 spiro atoms. The van der Waals surface area contributed by atoms with E-state index in [-0.39, 0.29) is 11.6 Å². The molecule has 0 atom stereocenters. The maximum atomic E-state index is 11.9. The molecule has 0 fully saturated rings. The number of amides is 2. The van der Waals surface area contributed by atoms with Gasteiger partial charge >= 0.3 is 0 Å². The van der Waals surface area contributed by atoms with E-state index < -0.39 is 5.91 Å². The van der Waals surface area contributed by atoms with E-state index >= 15 is 0 Å². The Morgan fingerprint density at radius 1 is 1.05 bits per heavy atom. The summed E-state index contributed by atoms with van der Waals surface area (Å²) in [6, 6.07) is 12.2. The topological polar surface area (TPSA) is 71.1 Å². The van der Waals surface area contributed by atoms with Crippen LogP contribution in [0.4, 0.5) is 0 Å². The van der Waals surface area contributed by atoms with Gasteiger partial charge in [0.15, 0.2) is 0 Å². The minimum Gasteiger partial charge on any atom is -0.267 e. The molecule has 2 amide bonds. The first-order valence-corrected chi connectivity index (χ1v) is 7.69. The average molecular weight is 301 g/mol. The van der Waals surface area contributed by atoms with Crippen molar-refractivity contribution in [3.63, 3.8) is 0 Å². The van der Waals surface area contributed by atoms with Crippen LogP contribution in [-0.2, 0) is 5.75 Å². The molecule has 2 rings (SSSR count). The molecular formula is C15H15N3O2S. The number of nitrogens with zero attached hydrogens (tertiary/aromatic N) is 1. The summed E-state index contributed by atoms with van der Waals surface area (Å²) in [4.78, 5) is 27.5. The van der Waals surface area contributed by atoms with Crippen molar-refractivity contribution in [1.29, 1.82) is 0 Å². The van der Waals surface area contributed by atoms with Gasteiger partial charge in [-0.1, -0.05) is 18.2 Å². The van der Waals surface area contributed by atoms with Gasteiger partial charge in [0, 0.05) is 17.5 Å². The molecule has 0 aliphatic rings. The molecule has 6 heteroatoms. The standard InChI is InChI=1S/C15H15N3O2S/c1-21-10-11-5-7-12(8-6-11)14(19)17-18-15(20)13-4-2-3-9-16-13/h2-9H,10H2,1H3,(H,17,19)(H,18,20). The van der Waals surface area contributed by atoms with Crippen molar-refractivity contribution >= 4 is 23.6 Å². The SMILES string of the molecule is CSCc1ccc(C(=O)NNC(=O)c2ccccn2)cc1.